The first-order valence-corrected chi connectivity index (χ1v) is 8.21. The normalized spacial score (nSPS) is 20.3. The highest BCUT2D eigenvalue weighted by Crippen LogP contribution is 2.29. The van der Waals surface area contributed by atoms with E-state index in [2.05, 4.69) is 40.0 Å². The molecule has 1 aromatic rings. The number of rotatable bonds is 4. The standard InChI is InChI=1S/C15H22BrN3O2/c1-11(2)18-8-3-4-12(7-9-18)17-15-6-5-13(19(20)21)10-14(15)16/h5-6,10-12,17H,3-4,7-9H2,1-2H3. The molecule has 6 heteroatoms. The van der Waals surface area contributed by atoms with Crippen LogP contribution in [0.5, 0.6) is 0 Å². The van der Waals surface area contributed by atoms with Crippen molar-refractivity contribution in [3.05, 3.63) is 32.8 Å². The average Bonchev–Trinajstić information content (AvgIpc) is 2.66. The quantitative estimate of drug-likeness (QED) is 0.654. The highest BCUT2D eigenvalue weighted by atomic mass is 79.9. The van der Waals surface area contributed by atoms with E-state index in [4.69, 9.17) is 0 Å². The molecule has 1 fully saturated rings. The number of hydrogen-bond donors (Lipinski definition) is 1. The Hall–Kier alpha value is -1.14. The number of nitro benzene ring substituents is 1. The van der Waals surface area contributed by atoms with Crippen LogP contribution < -0.4 is 5.32 Å². The SMILES string of the molecule is CC(C)N1CCCC(Nc2ccc([N+](=O)[O-])cc2Br)CC1. The van der Waals surface area contributed by atoms with Gasteiger partial charge in [0.05, 0.1) is 4.92 Å². The molecule has 21 heavy (non-hydrogen) atoms. The van der Waals surface area contributed by atoms with Crippen LogP contribution in [0.2, 0.25) is 0 Å². The van der Waals surface area contributed by atoms with E-state index in [0.717, 1.165) is 36.1 Å². The van der Waals surface area contributed by atoms with Crippen molar-refractivity contribution in [3.63, 3.8) is 0 Å². The molecule has 0 spiro atoms. The Labute approximate surface area is 134 Å². The predicted octanol–water partition coefficient (Wildman–Crippen LogP) is 4.03. The number of halogens is 1. The topological polar surface area (TPSA) is 58.4 Å². The van der Waals surface area contributed by atoms with Gasteiger partial charge in [0, 0.05) is 40.9 Å². The van der Waals surface area contributed by atoms with Crippen LogP contribution >= 0.6 is 15.9 Å². The zero-order chi connectivity index (χ0) is 15.4. The maximum Gasteiger partial charge on any atom is 0.270 e. The van der Waals surface area contributed by atoms with Gasteiger partial charge < -0.3 is 10.2 Å². The van der Waals surface area contributed by atoms with Crippen LogP contribution in [-0.2, 0) is 0 Å². The first-order chi connectivity index (χ1) is 9.97. The molecule has 5 nitrogen and oxygen atoms in total. The minimum Gasteiger partial charge on any atom is -0.381 e. The van der Waals surface area contributed by atoms with Crippen molar-refractivity contribution in [2.24, 2.45) is 0 Å². The van der Waals surface area contributed by atoms with Crippen LogP contribution in [-0.4, -0.2) is 35.0 Å². The number of likely N-dealkylation sites (tertiary alicyclic amines) is 1. The fourth-order valence-corrected chi connectivity index (χ4v) is 3.22. The van der Waals surface area contributed by atoms with Gasteiger partial charge in [-0.15, -0.1) is 0 Å². The second-order valence-electron chi connectivity index (χ2n) is 5.82. The number of benzene rings is 1. The third kappa shape index (κ3) is 4.41. The van der Waals surface area contributed by atoms with Crippen molar-refractivity contribution in [2.75, 3.05) is 18.4 Å². The summed E-state index contributed by atoms with van der Waals surface area (Å²) in [5.74, 6) is 0. The molecule has 0 aromatic heterocycles. The number of hydrogen-bond acceptors (Lipinski definition) is 4. The van der Waals surface area contributed by atoms with Gasteiger partial charge in [0.2, 0.25) is 0 Å². The van der Waals surface area contributed by atoms with E-state index in [0.29, 0.717) is 12.1 Å². The van der Waals surface area contributed by atoms with Crippen LogP contribution in [0.3, 0.4) is 0 Å². The first-order valence-electron chi connectivity index (χ1n) is 7.42. The zero-order valence-electron chi connectivity index (χ0n) is 12.5. The molecule has 0 aliphatic carbocycles. The molecule has 1 heterocycles. The smallest absolute Gasteiger partial charge is 0.270 e. The molecule has 2 rings (SSSR count). The van der Waals surface area contributed by atoms with E-state index < -0.39 is 0 Å². The highest BCUT2D eigenvalue weighted by molar-refractivity contribution is 9.10. The number of non-ortho nitro benzene ring substituents is 1. The van der Waals surface area contributed by atoms with Gasteiger partial charge in [-0.2, -0.15) is 0 Å². The van der Waals surface area contributed by atoms with E-state index in [1.165, 1.54) is 6.42 Å². The number of anilines is 1. The van der Waals surface area contributed by atoms with Crippen LogP contribution in [0.4, 0.5) is 11.4 Å². The molecule has 1 atom stereocenters. The fraction of sp³-hybridized carbons (Fsp3) is 0.600. The molecule has 1 saturated heterocycles. The van der Waals surface area contributed by atoms with Crippen molar-refractivity contribution >= 4 is 27.3 Å². The minimum absolute atomic E-state index is 0.110. The number of nitro groups is 1. The van der Waals surface area contributed by atoms with Gasteiger partial charge in [-0.05, 0) is 61.7 Å². The Morgan fingerprint density at radius 1 is 1.38 bits per heavy atom. The minimum atomic E-state index is -0.374. The Bertz CT molecular complexity index is 508. The van der Waals surface area contributed by atoms with E-state index in [1.807, 2.05) is 0 Å². The van der Waals surface area contributed by atoms with E-state index >= 15 is 0 Å². The molecule has 1 unspecified atom stereocenters. The fourth-order valence-electron chi connectivity index (χ4n) is 2.73. The Kier molecular flexibility index (Phi) is 5.58. The zero-order valence-corrected chi connectivity index (χ0v) is 14.1. The molecule has 0 bridgehead atoms. The highest BCUT2D eigenvalue weighted by Gasteiger charge is 2.19. The summed E-state index contributed by atoms with van der Waals surface area (Å²) < 4.78 is 0.752. The summed E-state index contributed by atoms with van der Waals surface area (Å²) in [6, 6.07) is 5.90. The lowest BCUT2D eigenvalue weighted by atomic mass is 10.1. The molecule has 0 radical (unpaired) electrons. The largest absolute Gasteiger partial charge is 0.381 e. The van der Waals surface area contributed by atoms with Crippen LogP contribution in [0.1, 0.15) is 33.1 Å². The first kappa shape index (κ1) is 16.2. The Balaban J connectivity index is 2.00. The van der Waals surface area contributed by atoms with Gasteiger partial charge in [-0.1, -0.05) is 0 Å². The molecule has 116 valence electrons. The van der Waals surface area contributed by atoms with Gasteiger partial charge in [-0.25, -0.2) is 0 Å². The maximum atomic E-state index is 10.8. The molecule has 0 saturated carbocycles. The molecule has 1 N–H and O–H groups in total. The number of nitrogens with one attached hydrogen (secondary N) is 1. The van der Waals surface area contributed by atoms with Crippen LogP contribution in [0, 0.1) is 10.1 Å². The second kappa shape index (κ2) is 7.22. The lowest BCUT2D eigenvalue weighted by Gasteiger charge is -2.24. The second-order valence-corrected chi connectivity index (χ2v) is 6.68. The summed E-state index contributed by atoms with van der Waals surface area (Å²) in [4.78, 5) is 12.9. The molecular weight excluding hydrogens is 334 g/mol. The maximum absolute atomic E-state index is 10.8. The Morgan fingerprint density at radius 2 is 2.14 bits per heavy atom. The monoisotopic (exact) mass is 355 g/mol. The lowest BCUT2D eigenvalue weighted by Crippen LogP contribution is -2.32. The molecule has 0 amide bonds. The van der Waals surface area contributed by atoms with Crippen molar-refractivity contribution in [2.45, 2.75) is 45.2 Å². The van der Waals surface area contributed by atoms with E-state index in [-0.39, 0.29) is 10.6 Å². The molecule has 1 aliphatic rings. The molecule has 1 aromatic carbocycles. The summed E-state index contributed by atoms with van der Waals surface area (Å²) in [5, 5.41) is 14.3. The van der Waals surface area contributed by atoms with Crippen molar-refractivity contribution in [1.29, 1.82) is 0 Å². The number of nitrogens with zero attached hydrogens (tertiary/aromatic N) is 2. The Morgan fingerprint density at radius 3 is 2.76 bits per heavy atom. The average molecular weight is 356 g/mol. The summed E-state index contributed by atoms with van der Waals surface area (Å²) in [5.41, 5.74) is 1.04. The van der Waals surface area contributed by atoms with Crippen molar-refractivity contribution in [3.8, 4) is 0 Å². The molecule has 1 aliphatic heterocycles. The predicted molar refractivity (Wildman–Crippen MR) is 88.8 cm³/mol. The van der Waals surface area contributed by atoms with E-state index in [9.17, 15) is 10.1 Å². The van der Waals surface area contributed by atoms with Crippen LogP contribution in [0.25, 0.3) is 0 Å². The third-order valence-electron chi connectivity index (χ3n) is 4.02. The summed E-state index contributed by atoms with van der Waals surface area (Å²) >= 11 is 3.42. The van der Waals surface area contributed by atoms with Gasteiger partial charge in [-0.3, -0.25) is 10.1 Å². The van der Waals surface area contributed by atoms with Gasteiger partial charge >= 0.3 is 0 Å². The van der Waals surface area contributed by atoms with Gasteiger partial charge in [0.25, 0.3) is 5.69 Å². The van der Waals surface area contributed by atoms with E-state index in [1.54, 1.807) is 18.2 Å². The van der Waals surface area contributed by atoms with Crippen molar-refractivity contribution < 1.29 is 4.92 Å². The summed E-state index contributed by atoms with van der Waals surface area (Å²) in [6.45, 7) is 6.72. The lowest BCUT2D eigenvalue weighted by molar-refractivity contribution is -0.384. The van der Waals surface area contributed by atoms with Crippen LogP contribution in [0.15, 0.2) is 22.7 Å². The van der Waals surface area contributed by atoms with Crippen molar-refractivity contribution in [1.82, 2.24) is 4.90 Å². The third-order valence-corrected chi connectivity index (χ3v) is 4.67. The molecular formula is C15H22BrN3O2. The van der Waals surface area contributed by atoms with Gasteiger partial charge in [0.15, 0.2) is 0 Å². The summed E-state index contributed by atoms with van der Waals surface area (Å²) in [6.07, 6.45) is 3.41. The summed E-state index contributed by atoms with van der Waals surface area (Å²) in [7, 11) is 0. The van der Waals surface area contributed by atoms with Gasteiger partial charge in [0.1, 0.15) is 0 Å².